The molecule has 3 heteroatoms. The van der Waals surface area contributed by atoms with Gasteiger partial charge in [-0.15, -0.1) is 0 Å². The molecule has 3 rings (SSSR count). The largest absolute Gasteiger partial charge is 0.491 e. The number of amides is 1. The van der Waals surface area contributed by atoms with Gasteiger partial charge in [0.15, 0.2) is 0 Å². The number of nitrogens with one attached hydrogen (secondary N) is 1. The molecule has 0 saturated heterocycles. The van der Waals surface area contributed by atoms with Gasteiger partial charge < -0.3 is 10.1 Å². The van der Waals surface area contributed by atoms with Crippen molar-refractivity contribution in [2.45, 2.75) is 13.3 Å². The summed E-state index contributed by atoms with van der Waals surface area (Å²) in [5.41, 5.74) is 3.64. The number of fused-ring (bicyclic) bond motifs is 1. The first-order valence-electron chi connectivity index (χ1n) is 6.37. The van der Waals surface area contributed by atoms with Crippen LogP contribution in [0.4, 0.5) is 5.69 Å². The number of hydrogen-bond donors (Lipinski definition) is 1. The van der Waals surface area contributed by atoms with Crippen molar-refractivity contribution in [1.82, 2.24) is 0 Å². The Hall–Kier alpha value is -2.29. The fraction of sp³-hybridized carbons (Fsp3) is 0.188. The maximum atomic E-state index is 12.2. The van der Waals surface area contributed by atoms with Crippen molar-refractivity contribution in [3.05, 3.63) is 59.2 Å². The van der Waals surface area contributed by atoms with Crippen LogP contribution in [0, 0.1) is 6.92 Å². The number of aryl methyl sites for hydroxylation is 1. The molecule has 19 heavy (non-hydrogen) atoms. The molecule has 0 unspecified atom stereocenters. The van der Waals surface area contributed by atoms with E-state index in [2.05, 4.69) is 5.32 Å². The lowest BCUT2D eigenvalue weighted by Crippen LogP contribution is -2.12. The smallest absolute Gasteiger partial charge is 0.255 e. The minimum atomic E-state index is -0.104. The topological polar surface area (TPSA) is 38.3 Å². The fourth-order valence-corrected chi connectivity index (χ4v) is 2.29. The van der Waals surface area contributed by atoms with E-state index in [1.54, 1.807) is 0 Å². The molecule has 0 fully saturated rings. The highest BCUT2D eigenvalue weighted by atomic mass is 16.5. The van der Waals surface area contributed by atoms with Crippen molar-refractivity contribution in [2.24, 2.45) is 0 Å². The maximum absolute atomic E-state index is 12.2. The zero-order valence-corrected chi connectivity index (χ0v) is 10.8. The van der Waals surface area contributed by atoms with Gasteiger partial charge in [-0.1, -0.05) is 29.8 Å². The number of carbonyl (C=O) groups is 1. The SMILES string of the molecule is Cc1cccc(C(=O)Nc2cccc3c2OCC3)c1. The Morgan fingerprint density at radius 2 is 2.05 bits per heavy atom. The summed E-state index contributed by atoms with van der Waals surface area (Å²) in [6.45, 7) is 2.66. The Kier molecular flexibility index (Phi) is 2.95. The number of anilines is 1. The molecule has 1 N–H and O–H groups in total. The van der Waals surface area contributed by atoms with E-state index in [4.69, 9.17) is 4.74 Å². The van der Waals surface area contributed by atoms with E-state index in [1.165, 1.54) is 0 Å². The lowest BCUT2D eigenvalue weighted by atomic mass is 10.1. The van der Waals surface area contributed by atoms with Gasteiger partial charge in [-0.25, -0.2) is 0 Å². The number of carbonyl (C=O) groups excluding carboxylic acids is 1. The minimum absolute atomic E-state index is 0.104. The van der Waals surface area contributed by atoms with Crippen LogP contribution in [0.3, 0.4) is 0 Å². The number of rotatable bonds is 2. The van der Waals surface area contributed by atoms with E-state index < -0.39 is 0 Å². The minimum Gasteiger partial charge on any atom is -0.491 e. The van der Waals surface area contributed by atoms with Crippen LogP contribution in [0.2, 0.25) is 0 Å². The summed E-state index contributed by atoms with van der Waals surface area (Å²) in [6.07, 6.45) is 0.906. The predicted molar refractivity (Wildman–Crippen MR) is 74.8 cm³/mol. The molecule has 3 nitrogen and oxygen atoms in total. The second-order valence-corrected chi connectivity index (χ2v) is 4.72. The van der Waals surface area contributed by atoms with E-state index in [-0.39, 0.29) is 5.91 Å². The summed E-state index contributed by atoms with van der Waals surface area (Å²) in [5.74, 6) is 0.705. The fourth-order valence-electron chi connectivity index (χ4n) is 2.29. The summed E-state index contributed by atoms with van der Waals surface area (Å²) >= 11 is 0. The van der Waals surface area contributed by atoms with Crippen LogP contribution in [-0.2, 0) is 6.42 Å². The molecular formula is C16H15NO2. The standard InChI is InChI=1S/C16H15NO2/c1-11-4-2-6-13(10-11)16(18)17-14-7-3-5-12-8-9-19-15(12)14/h2-7,10H,8-9H2,1H3,(H,17,18). The quantitative estimate of drug-likeness (QED) is 0.892. The Morgan fingerprint density at radius 1 is 1.21 bits per heavy atom. The molecule has 0 spiro atoms. The van der Waals surface area contributed by atoms with Crippen LogP contribution in [0.15, 0.2) is 42.5 Å². The Balaban J connectivity index is 1.86. The van der Waals surface area contributed by atoms with Crippen LogP contribution in [0.25, 0.3) is 0 Å². The van der Waals surface area contributed by atoms with Gasteiger partial charge in [0.25, 0.3) is 5.91 Å². The molecule has 0 radical (unpaired) electrons. The van der Waals surface area contributed by atoms with Crippen molar-refractivity contribution >= 4 is 11.6 Å². The summed E-state index contributed by atoms with van der Waals surface area (Å²) < 4.78 is 5.58. The monoisotopic (exact) mass is 253 g/mol. The van der Waals surface area contributed by atoms with Crippen LogP contribution < -0.4 is 10.1 Å². The van der Waals surface area contributed by atoms with Gasteiger partial charge in [-0.2, -0.15) is 0 Å². The molecular weight excluding hydrogens is 238 g/mol. The van der Waals surface area contributed by atoms with Crippen LogP contribution in [0.5, 0.6) is 5.75 Å². The van der Waals surface area contributed by atoms with Gasteiger partial charge in [0.2, 0.25) is 0 Å². The summed E-state index contributed by atoms with van der Waals surface area (Å²) in [6, 6.07) is 13.4. The summed E-state index contributed by atoms with van der Waals surface area (Å²) in [4.78, 5) is 12.2. The third kappa shape index (κ3) is 2.32. The Morgan fingerprint density at radius 3 is 2.89 bits per heavy atom. The van der Waals surface area contributed by atoms with Gasteiger partial charge in [0.1, 0.15) is 5.75 Å². The van der Waals surface area contributed by atoms with Gasteiger partial charge in [0, 0.05) is 12.0 Å². The van der Waals surface area contributed by atoms with E-state index in [1.807, 2.05) is 49.4 Å². The Bertz CT molecular complexity index is 634. The predicted octanol–water partition coefficient (Wildman–Crippen LogP) is 3.18. The summed E-state index contributed by atoms with van der Waals surface area (Å²) in [7, 11) is 0. The number of benzene rings is 2. The van der Waals surface area contributed by atoms with Gasteiger partial charge in [-0.05, 0) is 30.7 Å². The lowest BCUT2D eigenvalue weighted by molar-refractivity contribution is 0.102. The third-order valence-corrected chi connectivity index (χ3v) is 3.24. The molecule has 1 heterocycles. The molecule has 2 aromatic carbocycles. The molecule has 1 aliphatic rings. The average molecular weight is 253 g/mol. The van der Waals surface area contributed by atoms with Crippen LogP contribution in [0.1, 0.15) is 21.5 Å². The van der Waals surface area contributed by atoms with E-state index >= 15 is 0 Å². The van der Waals surface area contributed by atoms with Crippen molar-refractivity contribution in [3.8, 4) is 5.75 Å². The molecule has 0 aliphatic carbocycles. The zero-order valence-electron chi connectivity index (χ0n) is 10.8. The lowest BCUT2D eigenvalue weighted by Gasteiger charge is -2.10. The second kappa shape index (κ2) is 4.76. The van der Waals surface area contributed by atoms with E-state index in [9.17, 15) is 4.79 Å². The van der Waals surface area contributed by atoms with Crippen LogP contribution >= 0.6 is 0 Å². The highest BCUT2D eigenvalue weighted by Gasteiger charge is 2.17. The normalized spacial score (nSPS) is 12.7. The van der Waals surface area contributed by atoms with Gasteiger partial charge >= 0.3 is 0 Å². The second-order valence-electron chi connectivity index (χ2n) is 4.72. The first-order chi connectivity index (χ1) is 9.24. The van der Waals surface area contributed by atoms with E-state index in [0.29, 0.717) is 12.2 Å². The molecule has 0 aromatic heterocycles. The van der Waals surface area contributed by atoms with Crippen molar-refractivity contribution < 1.29 is 9.53 Å². The molecule has 1 amide bonds. The average Bonchev–Trinajstić information content (AvgIpc) is 2.88. The van der Waals surface area contributed by atoms with Crippen molar-refractivity contribution in [1.29, 1.82) is 0 Å². The van der Waals surface area contributed by atoms with Gasteiger partial charge in [-0.3, -0.25) is 4.79 Å². The highest BCUT2D eigenvalue weighted by molar-refractivity contribution is 6.05. The first kappa shape index (κ1) is 11.8. The third-order valence-electron chi connectivity index (χ3n) is 3.24. The molecule has 0 atom stereocenters. The zero-order chi connectivity index (χ0) is 13.2. The molecule has 0 bridgehead atoms. The maximum Gasteiger partial charge on any atom is 0.255 e. The summed E-state index contributed by atoms with van der Waals surface area (Å²) in [5, 5.41) is 2.92. The van der Waals surface area contributed by atoms with Crippen molar-refractivity contribution in [3.63, 3.8) is 0 Å². The first-order valence-corrected chi connectivity index (χ1v) is 6.37. The molecule has 96 valence electrons. The van der Waals surface area contributed by atoms with Gasteiger partial charge in [0.05, 0.1) is 12.3 Å². The number of para-hydroxylation sites is 1. The van der Waals surface area contributed by atoms with Crippen LogP contribution in [-0.4, -0.2) is 12.5 Å². The van der Waals surface area contributed by atoms with Crippen molar-refractivity contribution in [2.75, 3.05) is 11.9 Å². The molecule has 2 aromatic rings. The highest BCUT2D eigenvalue weighted by Crippen LogP contribution is 2.33. The number of ether oxygens (including phenoxy) is 1. The molecule has 0 saturated carbocycles. The number of hydrogen-bond acceptors (Lipinski definition) is 2. The Labute approximate surface area is 112 Å². The van der Waals surface area contributed by atoms with E-state index in [0.717, 1.165) is 29.0 Å². The molecule has 1 aliphatic heterocycles.